The number of nitrogens with one attached hydrogen (secondary N) is 1. The second kappa shape index (κ2) is 4.75. The van der Waals surface area contributed by atoms with Crippen LogP contribution in [-0.2, 0) is 0 Å². The fraction of sp³-hybridized carbons (Fsp3) is 0.667. The molecule has 1 aromatic heterocycles. The number of rotatable bonds is 6. The highest BCUT2D eigenvalue weighted by Gasteiger charge is 2.25. The number of nitrogens with zero attached hydrogens (tertiary/aromatic N) is 3. The van der Waals surface area contributed by atoms with Gasteiger partial charge in [0.25, 0.3) is 0 Å². The molecule has 1 N–H and O–H groups in total. The summed E-state index contributed by atoms with van der Waals surface area (Å²) in [5, 5.41) is 14.2. The Morgan fingerprint density at radius 3 is 3.06 bits per heavy atom. The largest absolute Gasteiger partial charge is 0.360 e. The van der Waals surface area contributed by atoms with Gasteiger partial charge in [-0.05, 0) is 31.2 Å². The van der Waals surface area contributed by atoms with Crippen molar-refractivity contribution in [3.63, 3.8) is 0 Å². The van der Waals surface area contributed by atoms with E-state index in [9.17, 15) is 10.1 Å². The van der Waals surface area contributed by atoms with Crippen molar-refractivity contribution in [3.8, 4) is 0 Å². The molecule has 1 fully saturated rings. The quantitative estimate of drug-likeness (QED) is 0.605. The van der Waals surface area contributed by atoms with E-state index in [1.807, 2.05) is 0 Å². The maximum atomic E-state index is 10.4. The Morgan fingerprint density at radius 1 is 1.75 bits per heavy atom. The first kappa shape index (κ1) is 11.3. The topological polar surface area (TPSA) is 71.3 Å². The zero-order valence-corrected chi connectivity index (χ0v) is 9.87. The molecular weight excluding hydrogens is 228 g/mol. The summed E-state index contributed by atoms with van der Waals surface area (Å²) in [6.45, 7) is 1.72. The van der Waals surface area contributed by atoms with Crippen molar-refractivity contribution >= 4 is 21.5 Å². The van der Waals surface area contributed by atoms with Gasteiger partial charge in [0.2, 0.25) is 0 Å². The van der Waals surface area contributed by atoms with Gasteiger partial charge in [-0.2, -0.15) is 0 Å². The molecule has 0 bridgehead atoms. The molecule has 7 heteroatoms. The Bertz CT molecular complexity index is 377. The molecule has 1 aliphatic carbocycles. The molecule has 0 radical (unpaired) electrons. The summed E-state index contributed by atoms with van der Waals surface area (Å²) < 4.78 is 0. The average Bonchev–Trinajstić information content (AvgIpc) is 2.98. The monoisotopic (exact) mass is 242 g/mol. The Morgan fingerprint density at radius 2 is 2.50 bits per heavy atom. The van der Waals surface area contributed by atoms with Crippen LogP contribution in [0, 0.1) is 10.1 Å². The number of nitro groups is 1. The van der Waals surface area contributed by atoms with Crippen LogP contribution in [-0.4, -0.2) is 41.0 Å². The van der Waals surface area contributed by atoms with E-state index in [4.69, 9.17) is 0 Å². The van der Waals surface area contributed by atoms with Gasteiger partial charge in [0.05, 0.1) is 4.92 Å². The lowest BCUT2D eigenvalue weighted by atomic mass is 10.5. The van der Waals surface area contributed by atoms with Gasteiger partial charge in [-0.3, -0.25) is 10.1 Å². The minimum atomic E-state index is -0.417. The molecule has 1 heterocycles. The number of likely N-dealkylation sites (N-methyl/N-ethyl adjacent to an activating group) is 1. The van der Waals surface area contributed by atoms with Crippen LogP contribution in [0.5, 0.6) is 0 Å². The molecule has 0 aliphatic heterocycles. The van der Waals surface area contributed by atoms with E-state index < -0.39 is 4.92 Å². The SMILES string of the molecule is CN(CCNc1ncc([N+](=O)[O-])s1)C1CC1. The van der Waals surface area contributed by atoms with Crippen molar-refractivity contribution in [1.82, 2.24) is 9.88 Å². The van der Waals surface area contributed by atoms with Crippen molar-refractivity contribution < 1.29 is 4.92 Å². The molecule has 1 aliphatic rings. The Hall–Kier alpha value is -1.21. The summed E-state index contributed by atoms with van der Waals surface area (Å²) in [6.07, 6.45) is 3.87. The van der Waals surface area contributed by atoms with Gasteiger partial charge < -0.3 is 10.2 Å². The zero-order valence-electron chi connectivity index (χ0n) is 9.05. The van der Waals surface area contributed by atoms with E-state index in [0.29, 0.717) is 5.13 Å². The maximum Gasteiger partial charge on any atom is 0.345 e. The summed E-state index contributed by atoms with van der Waals surface area (Å²) in [5.74, 6) is 0. The lowest BCUT2D eigenvalue weighted by Gasteiger charge is -2.15. The average molecular weight is 242 g/mol. The molecular formula is C9H14N4O2S. The lowest BCUT2D eigenvalue weighted by Crippen LogP contribution is -2.26. The molecule has 0 spiro atoms. The minimum Gasteiger partial charge on any atom is -0.360 e. The number of aromatic nitrogens is 1. The van der Waals surface area contributed by atoms with E-state index >= 15 is 0 Å². The van der Waals surface area contributed by atoms with Crippen molar-refractivity contribution in [2.75, 3.05) is 25.5 Å². The molecule has 0 amide bonds. The van der Waals surface area contributed by atoms with E-state index in [0.717, 1.165) is 30.5 Å². The standard InChI is InChI=1S/C9H14N4O2S/c1-12(7-2-3-7)5-4-10-9-11-6-8(16-9)13(14)15/h6-7H,2-5H2,1H3,(H,10,11). The second-order valence-corrected chi connectivity index (χ2v) is 4.91. The predicted molar refractivity (Wildman–Crippen MR) is 62.9 cm³/mol. The number of hydrogen-bond acceptors (Lipinski definition) is 6. The predicted octanol–water partition coefficient (Wildman–Crippen LogP) is 1.56. The van der Waals surface area contributed by atoms with E-state index in [-0.39, 0.29) is 5.00 Å². The number of hydrogen-bond donors (Lipinski definition) is 1. The summed E-state index contributed by atoms with van der Waals surface area (Å²) in [7, 11) is 2.10. The molecule has 0 aromatic carbocycles. The van der Waals surface area contributed by atoms with Crippen LogP contribution in [0.3, 0.4) is 0 Å². The zero-order chi connectivity index (χ0) is 11.5. The third kappa shape index (κ3) is 2.89. The summed E-state index contributed by atoms with van der Waals surface area (Å²) in [5.41, 5.74) is 0. The second-order valence-electron chi connectivity index (χ2n) is 3.90. The van der Waals surface area contributed by atoms with Crippen LogP contribution in [0.25, 0.3) is 0 Å². The molecule has 88 valence electrons. The molecule has 1 aromatic rings. The first-order valence-corrected chi connectivity index (χ1v) is 6.03. The highest BCUT2D eigenvalue weighted by atomic mass is 32.1. The van der Waals surface area contributed by atoms with Crippen LogP contribution in [0.4, 0.5) is 10.1 Å². The van der Waals surface area contributed by atoms with Crippen LogP contribution in [0.15, 0.2) is 6.20 Å². The molecule has 0 atom stereocenters. The fourth-order valence-corrected chi connectivity index (χ4v) is 2.13. The third-order valence-corrected chi connectivity index (χ3v) is 3.49. The maximum absolute atomic E-state index is 10.4. The van der Waals surface area contributed by atoms with Crippen molar-refractivity contribution in [2.24, 2.45) is 0 Å². The number of thiazole rings is 1. The molecule has 0 unspecified atom stereocenters. The van der Waals surface area contributed by atoms with Gasteiger partial charge in [0.15, 0.2) is 5.13 Å². The summed E-state index contributed by atoms with van der Waals surface area (Å²) >= 11 is 1.08. The highest BCUT2D eigenvalue weighted by Crippen LogP contribution is 2.26. The van der Waals surface area contributed by atoms with Gasteiger partial charge in [0, 0.05) is 19.1 Å². The van der Waals surface area contributed by atoms with Crippen molar-refractivity contribution in [3.05, 3.63) is 16.3 Å². The van der Waals surface area contributed by atoms with E-state index in [1.54, 1.807) is 0 Å². The third-order valence-electron chi connectivity index (χ3n) is 2.58. The summed E-state index contributed by atoms with van der Waals surface area (Å²) in [4.78, 5) is 16.3. The molecule has 0 saturated heterocycles. The van der Waals surface area contributed by atoms with Crippen LogP contribution < -0.4 is 5.32 Å². The van der Waals surface area contributed by atoms with Gasteiger partial charge >= 0.3 is 5.00 Å². The molecule has 16 heavy (non-hydrogen) atoms. The van der Waals surface area contributed by atoms with Gasteiger partial charge in [-0.1, -0.05) is 0 Å². The van der Waals surface area contributed by atoms with Gasteiger partial charge in [-0.15, -0.1) is 0 Å². The molecule has 1 saturated carbocycles. The summed E-state index contributed by atoms with van der Waals surface area (Å²) in [6, 6.07) is 0.743. The first-order chi connectivity index (χ1) is 7.66. The Labute approximate surface area is 97.4 Å². The molecule has 6 nitrogen and oxygen atoms in total. The van der Waals surface area contributed by atoms with Crippen LogP contribution in [0.1, 0.15) is 12.8 Å². The van der Waals surface area contributed by atoms with Gasteiger partial charge in [-0.25, -0.2) is 4.98 Å². The van der Waals surface area contributed by atoms with Crippen molar-refractivity contribution in [2.45, 2.75) is 18.9 Å². The normalized spacial score (nSPS) is 15.4. The molecule has 2 rings (SSSR count). The minimum absolute atomic E-state index is 0.0815. The van der Waals surface area contributed by atoms with Crippen molar-refractivity contribution in [1.29, 1.82) is 0 Å². The van der Waals surface area contributed by atoms with Crippen LogP contribution >= 0.6 is 11.3 Å². The first-order valence-electron chi connectivity index (χ1n) is 5.21. The van der Waals surface area contributed by atoms with Gasteiger partial charge in [0.1, 0.15) is 6.20 Å². The Kier molecular flexibility index (Phi) is 3.35. The number of anilines is 1. The smallest absolute Gasteiger partial charge is 0.345 e. The fourth-order valence-electron chi connectivity index (χ4n) is 1.47. The Balaban J connectivity index is 1.73. The van der Waals surface area contributed by atoms with Crippen LogP contribution in [0.2, 0.25) is 0 Å². The van der Waals surface area contributed by atoms with E-state index in [1.165, 1.54) is 19.0 Å². The van der Waals surface area contributed by atoms with E-state index in [2.05, 4.69) is 22.2 Å². The highest BCUT2D eigenvalue weighted by molar-refractivity contribution is 7.18. The lowest BCUT2D eigenvalue weighted by molar-refractivity contribution is -0.380.